The molecule has 1 fully saturated rings. The Bertz CT molecular complexity index is 240. The van der Waals surface area contributed by atoms with Crippen LogP contribution in [0.15, 0.2) is 0 Å². The number of methoxy groups -OCH3 is 1. The Morgan fingerprint density at radius 1 is 1.40 bits per heavy atom. The fourth-order valence-electron chi connectivity index (χ4n) is 1.91. The van der Waals surface area contributed by atoms with Gasteiger partial charge in [-0.25, -0.2) is 0 Å². The van der Waals surface area contributed by atoms with Crippen LogP contribution in [0.5, 0.6) is 0 Å². The third-order valence-electron chi connectivity index (χ3n) is 3.75. The van der Waals surface area contributed by atoms with Crippen LogP contribution in [0.25, 0.3) is 0 Å². The summed E-state index contributed by atoms with van der Waals surface area (Å²) in [7, 11) is 1.43. The molecule has 0 saturated heterocycles. The van der Waals surface area contributed by atoms with Gasteiger partial charge in [0.2, 0.25) is 0 Å². The summed E-state index contributed by atoms with van der Waals surface area (Å²) in [6.07, 6.45) is 4.02. The summed E-state index contributed by atoms with van der Waals surface area (Å²) in [6, 6.07) is 0. The number of rotatable bonds is 5. The van der Waals surface area contributed by atoms with Crippen LogP contribution < -0.4 is 5.73 Å². The maximum absolute atomic E-state index is 11.4. The first-order valence-electron chi connectivity index (χ1n) is 5.64. The van der Waals surface area contributed by atoms with E-state index in [1.54, 1.807) is 0 Å². The first-order chi connectivity index (χ1) is 6.78. The molecule has 1 rings (SSSR count). The Balaban J connectivity index is 2.70. The van der Waals surface area contributed by atoms with Crippen molar-refractivity contribution in [3.8, 4) is 0 Å². The van der Waals surface area contributed by atoms with Gasteiger partial charge in [-0.3, -0.25) is 4.79 Å². The summed E-state index contributed by atoms with van der Waals surface area (Å²) in [5.74, 6) is 0.610. The van der Waals surface area contributed by atoms with E-state index >= 15 is 0 Å². The van der Waals surface area contributed by atoms with Crippen molar-refractivity contribution in [3.05, 3.63) is 0 Å². The van der Waals surface area contributed by atoms with E-state index < -0.39 is 0 Å². The number of esters is 1. The predicted molar refractivity (Wildman–Crippen MR) is 60.3 cm³/mol. The standard InChI is InChI=1S/C12H23NO2/c1-11(2,13)12(3,7-9-5-6-9)8-10(14)15-4/h9H,5-8,13H2,1-4H3. The Labute approximate surface area is 92.4 Å². The number of hydrogen-bond donors (Lipinski definition) is 1. The fraction of sp³-hybridized carbons (Fsp3) is 0.917. The molecule has 0 radical (unpaired) electrons. The van der Waals surface area contributed by atoms with Crippen molar-refractivity contribution in [2.75, 3.05) is 7.11 Å². The molecule has 1 aliphatic rings. The van der Waals surface area contributed by atoms with Gasteiger partial charge in [-0.2, -0.15) is 0 Å². The molecule has 0 spiro atoms. The van der Waals surface area contributed by atoms with Crippen LogP contribution in [0.4, 0.5) is 0 Å². The lowest BCUT2D eigenvalue weighted by Gasteiger charge is -2.41. The maximum atomic E-state index is 11.4. The summed E-state index contributed by atoms with van der Waals surface area (Å²) in [5.41, 5.74) is 5.69. The van der Waals surface area contributed by atoms with Crippen LogP contribution in [-0.2, 0) is 9.53 Å². The highest BCUT2D eigenvalue weighted by Gasteiger charge is 2.43. The molecule has 3 nitrogen and oxygen atoms in total. The topological polar surface area (TPSA) is 52.3 Å². The van der Waals surface area contributed by atoms with E-state index in [1.807, 2.05) is 13.8 Å². The van der Waals surface area contributed by atoms with Crippen molar-refractivity contribution < 1.29 is 9.53 Å². The summed E-state index contributed by atoms with van der Waals surface area (Å²) in [4.78, 5) is 11.4. The quantitative estimate of drug-likeness (QED) is 0.711. The van der Waals surface area contributed by atoms with Crippen LogP contribution >= 0.6 is 0 Å². The first-order valence-corrected chi connectivity index (χ1v) is 5.64. The van der Waals surface area contributed by atoms with Crippen molar-refractivity contribution in [3.63, 3.8) is 0 Å². The van der Waals surface area contributed by atoms with Gasteiger partial charge in [0.15, 0.2) is 0 Å². The molecule has 0 amide bonds. The monoisotopic (exact) mass is 213 g/mol. The maximum Gasteiger partial charge on any atom is 0.306 e. The highest BCUT2D eigenvalue weighted by Crippen LogP contribution is 2.46. The predicted octanol–water partition coefficient (Wildman–Crippen LogP) is 2.09. The first kappa shape index (κ1) is 12.5. The number of nitrogens with two attached hydrogens (primary N) is 1. The largest absolute Gasteiger partial charge is 0.469 e. The zero-order chi connectivity index (χ0) is 11.7. The zero-order valence-corrected chi connectivity index (χ0v) is 10.3. The third-order valence-corrected chi connectivity index (χ3v) is 3.75. The van der Waals surface area contributed by atoms with Gasteiger partial charge in [0, 0.05) is 5.54 Å². The lowest BCUT2D eigenvalue weighted by atomic mass is 9.68. The normalized spacial score (nSPS) is 20.9. The summed E-state index contributed by atoms with van der Waals surface area (Å²) in [5, 5.41) is 0. The lowest BCUT2D eigenvalue weighted by molar-refractivity contribution is -0.144. The van der Waals surface area contributed by atoms with Gasteiger partial charge in [-0.15, -0.1) is 0 Å². The number of carbonyl (C=O) groups excluding carboxylic acids is 1. The number of ether oxygens (including phenoxy) is 1. The second kappa shape index (κ2) is 4.12. The van der Waals surface area contributed by atoms with Gasteiger partial charge in [0.05, 0.1) is 13.5 Å². The van der Waals surface area contributed by atoms with E-state index in [-0.39, 0.29) is 16.9 Å². The molecule has 0 aromatic heterocycles. The van der Waals surface area contributed by atoms with Crippen molar-refractivity contribution >= 4 is 5.97 Å². The average Bonchev–Trinajstić information content (AvgIpc) is 2.85. The van der Waals surface area contributed by atoms with Gasteiger partial charge in [0.1, 0.15) is 0 Å². The van der Waals surface area contributed by atoms with Gasteiger partial charge in [0.25, 0.3) is 0 Å². The second-order valence-electron chi connectivity index (χ2n) is 5.68. The van der Waals surface area contributed by atoms with E-state index in [0.29, 0.717) is 6.42 Å². The van der Waals surface area contributed by atoms with Gasteiger partial charge in [-0.1, -0.05) is 19.8 Å². The molecule has 1 atom stereocenters. The van der Waals surface area contributed by atoms with Crippen molar-refractivity contribution in [2.45, 2.75) is 52.0 Å². The van der Waals surface area contributed by atoms with Crippen molar-refractivity contribution in [1.82, 2.24) is 0 Å². The molecule has 1 unspecified atom stereocenters. The molecule has 2 N–H and O–H groups in total. The van der Waals surface area contributed by atoms with Crippen LogP contribution in [0.1, 0.15) is 46.5 Å². The molecule has 0 aromatic rings. The minimum Gasteiger partial charge on any atom is -0.469 e. The fourth-order valence-corrected chi connectivity index (χ4v) is 1.91. The highest BCUT2D eigenvalue weighted by atomic mass is 16.5. The Kier molecular flexibility index (Phi) is 3.44. The molecule has 88 valence electrons. The van der Waals surface area contributed by atoms with E-state index in [9.17, 15) is 4.79 Å². The molecule has 0 bridgehead atoms. The number of hydrogen-bond acceptors (Lipinski definition) is 3. The third kappa shape index (κ3) is 3.20. The minimum absolute atomic E-state index is 0.152. The molecule has 1 aliphatic carbocycles. The van der Waals surface area contributed by atoms with Crippen LogP contribution in [-0.4, -0.2) is 18.6 Å². The van der Waals surface area contributed by atoms with Gasteiger partial charge >= 0.3 is 5.97 Å². The van der Waals surface area contributed by atoms with Crippen molar-refractivity contribution in [1.29, 1.82) is 0 Å². The van der Waals surface area contributed by atoms with E-state index in [4.69, 9.17) is 10.5 Å². The second-order valence-corrected chi connectivity index (χ2v) is 5.68. The molecule has 1 saturated carbocycles. The number of carbonyl (C=O) groups is 1. The van der Waals surface area contributed by atoms with E-state index in [0.717, 1.165) is 12.3 Å². The molecular formula is C12H23NO2. The van der Waals surface area contributed by atoms with Gasteiger partial charge < -0.3 is 10.5 Å². The molecule has 15 heavy (non-hydrogen) atoms. The Hall–Kier alpha value is -0.570. The molecule has 3 heteroatoms. The highest BCUT2D eigenvalue weighted by molar-refractivity contribution is 5.70. The Morgan fingerprint density at radius 2 is 1.93 bits per heavy atom. The molecule has 0 aliphatic heterocycles. The van der Waals surface area contributed by atoms with E-state index in [2.05, 4.69) is 6.92 Å². The summed E-state index contributed by atoms with van der Waals surface area (Å²) < 4.78 is 4.75. The van der Waals surface area contributed by atoms with Crippen LogP contribution in [0, 0.1) is 11.3 Å². The average molecular weight is 213 g/mol. The molecule has 0 heterocycles. The van der Waals surface area contributed by atoms with Crippen LogP contribution in [0.3, 0.4) is 0 Å². The zero-order valence-electron chi connectivity index (χ0n) is 10.3. The smallest absolute Gasteiger partial charge is 0.306 e. The SMILES string of the molecule is COC(=O)CC(C)(CC1CC1)C(C)(C)N. The van der Waals surface area contributed by atoms with Crippen molar-refractivity contribution in [2.24, 2.45) is 17.1 Å². The molecule has 0 aromatic carbocycles. The summed E-state index contributed by atoms with van der Waals surface area (Å²) in [6.45, 7) is 6.10. The van der Waals surface area contributed by atoms with E-state index in [1.165, 1.54) is 20.0 Å². The summed E-state index contributed by atoms with van der Waals surface area (Å²) >= 11 is 0. The molecular weight excluding hydrogens is 190 g/mol. The Morgan fingerprint density at radius 3 is 2.27 bits per heavy atom. The minimum atomic E-state index is -0.343. The lowest BCUT2D eigenvalue weighted by Crippen LogP contribution is -2.50. The van der Waals surface area contributed by atoms with Crippen LogP contribution in [0.2, 0.25) is 0 Å². The van der Waals surface area contributed by atoms with Gasteiger partial charge in [-0.05, 0) is 31.6 Å².